The Morgan fingerprint density at radius 2 is 1.84 bits per heavy atom. The minimum Gasteiger partial charge on any atom is -0.337 e. The maximum Gasteiger partial charge on any atom is 0.409 e. The maximum atomic E-state index is 12.3. The first-order valence-corrected chi connectivity index (χ1v) is 4.76. The van der Waals surface area contributed by atoms with Crippen molar-refractivity contribution < 1.29 is 31.1 Å². The molecule has 1 rings (SSSR count). The van der Waals surface area contributed by atoms with Crippen LogP contribution in [-0.2, 0) is 11.3 Å². The molecular weight excluding hydrogens is 282 g/mol. The molecule has 1 heterocycles. The number of nitrogens with one attached hydrogen (secondary N) is 1. The SMILES string of the molecule is CN(Cc1ncn[nH]1)C(=O)C(C(F)(F)F)C(F)(F)F. The monoisotopic (exact) mass is 290 g/mol. The number of alkyl halides is 6. The van der Waals surface area contributed by atoms with Gasteiger partial charge in [-0.05, 0) is 0 Å². The van der Waals surface area contributed by atoms with Gasteiger partial charge in [-0.25, -0.2) is 4.98 Å². The second kappa shape index (κ2) is 5.05. The Morgan fingerprint density at radius 1 is 1.32 bits per heavy atom. The number of hydrogen-bond acceptors (Lipinski definition) is 3. The van der Waals surface area contributed by atoms with E-state index in [-0.39, 0.29) is 10.7 Å². The van der Waals surface area contributed by atoms with Crippen molar-refractivity contribution in [3.63, 3.8) is 0 Å². The molecule has 1 aromatic heterocycles. The van der Waals surface area contributed by atoms with Crippen molar-refractivity contribution in [3.05, 3.63) is 12.2 Å². The average molecular weight is 290 g/mol. The minimum absolute atomic E-state index is 0.0288. The summed E-state index contributed by atoms with van der Waals surface area (Å²) in [7, 11) is 0.815. The number of aromatic amines is 1. The van der Waals surface area contributed by atoms with Crippen LogP contribution in [0.5, 0.6) is 0 Å². The number of nitrogens with zero attached hydrogens (tertiary/aromatic N) is 3. The minimum atomic E-state index is -5.70. The third kappa shape index (κ3) is 3.83. The number of rotatable bonds is 3. The van der Waals surface area contributed by atoms with Crippen molar-refractivity contribution >= 4 is 5.91 Å². The van der Waals surface area contributed by atoms with Crippen molar-refractivity contribution in [2.45, 2.75) is 18.9 Å². The van der Waals surface area contributed by atoms with Crippen LogP contribution in [0.2, 0.25) is 0 Å². The molecule has 0 bridgehead atoms. The molecule has 0 aliphatic carbocycles. The quantitative estimate of drug-likeness (QED) is 0.858. The summed E-state index contributed by atoms with van der Waals surface area (Å²) in [5, 5.41) is 5.58. The highest BCUT2D eigenvalue weighted by molar-refractivity contribution is 5.80. The Morgan fingerprint density at radius 3 is 2.21 bits per heavy atom. The smallest absolute Gasteiger partial charge is 0.337 e. The summed E-state index contributed by atoms with van der Waals surface area (Å²) in [4.78, 5) is 15.1. The van der Waals surface area contributed by atoms with Crippen LogP contribution in [0.1, 0.15) is 5.82 Å². The largest absolute Gasteiger partial charge is 0.409 e. The van der Waals surface area contributed by atoms with E-state index in [1.165, 1.54) is 0 Å². The highest BCUT2D eigenvalue weighted by Crippen LogP contribution is 2.40. The zero-order valence-corrected chi connectivity index (χ0v) is 9.38. The summed E-state index contributed by atoms with van der Waals surface area (Å²) in [5.41, 5.74) is 0. The molecule has 1 aromatic rings. The number of aromatic nitrogens is 3. The van der Waals surface area contributed by atoms with Gasteiger partial charge >= 0.3 is 12.4 Å². The number of H-pyrrole nitrogens is 1. The standard InChI is InChI=1S/C8H8F6N4O/c1-18(2-4-15-3-16-17-4)6(19)5(7(9,10)11)8(12,13)14/h3,5H,2H2,1H3,(H,15,16,17). The molecule has 19 heavy (non-hydrogen) atoms. The van der Waals surface area contributed by atoms with Crippen LogP contribution in [0.15, 0.2) is 6.33 Å². The van der Waals surface area contributed by atoms with Gasteiger partial charge in [-0.15, -0.1) is 0 Å². The van der Waals surface area contributed by atoms with Crippen LogP contribution in [0.25, 0.3) is 0 Å². The van der Waals surface area contributed by atoms with Crippen molar-refractivity contribution in [3.8, 4) is 0 Å². The van der Waals surface area contributed by atoms with Gasteiger partial charge in [0.25, 0.3) is 0 Å². The number of carbonyl (C=O) groups excluding carboxylic acids is 1. The molecule has 0 spiro atoms. The van der Waals surface area contributed by atoms with E-state index in [1.54, 1.807) is 0 Å². The summed E-state index contributed by atoms with van der Waals surface area (Å²) in [6.45, 7) is -0.540. The molecule has 108 valence electrons. The fourth-order valence-corrected chi connectivity index (χ4v) is 1.30. The maximum absolute atomic E-state index is 12.3. The van der Waals surface area contributed by atoms with E-state index in [2.05, 4.69) is 15.2 Å². The molecule has 0 atom stereocenters. The van der Waals surface area contributed by atoms with Gasteiger partial charge in [-0.1, -0.05) is 0 Å². The predicted octanol–water partition coefficient (Wildman–Crippen LogP) is 1.50. The predicted molar refractivity (Wildman–Crippen MR) is 48.5 cm³/mol. The molecular formula is C8H8F6N4O. The molecule has 0 aromatic carbocycles. The van der Waals surface area contributed by atoms with E-state index in [4.69, 9.17) is 0 Å². The number of hydrogen-bond donors (Lipinski definition) is 1. The van der Waals surface area contributed by atoms with Gasteiger partial charge in [-0.3, -0.25) is 9.89 Å². The van der Waals surface area contributed by atoms with Crippen molar-refractivity contribution in [1.29, 1.82) is 0 Å². The van der Waals surface area contributed by atoms with Crippen LogP contribution in [0, 0.1) is 5.92 Å². The van der Waals surface area contributed by atoms with E-state index >= 15 is 0 Å². The van der Waals surface area contributed by atoms with E-state index in [0.717, 1.165) is 13.4 Å². The lowest BCUT2D eigenvalue weighted by atomic mass is 10.1. The van der Waals surface area contributed by atoms with Gasteiger partial charge in [0.1, 0.15) is 12.2 Å². The molecule has 1 amide bonds. The molecule has 0 saturated carbocycles. The Balaban J connectivity index is 2.88. The molecule has 0 aliphatic rings. The third-order valence-electron chi connectivity index (χ3n) is 2.13. The van der Waals surface area contributed by atoms with E-state index in [1.807, 2.05) is 0 Å². The molecule has 5 nitrogen and oxygen atoms in total. The average Bonchev–Trinajstić information content (AvgIpc) is 2.65. The number of amides is 1. The van der Waals surface area contributed by atoms with E-state index in [9.17, 15) is 31.1 Å². The van der Waals surface area contributed by atoms with Crippen LogP contribution in [0.3, 0.4) is 0 Å². The normalized spacial score (nSPS) is 12.8. The lowest BCUT2D eigenvalue weighted by Crippen LogP contribution is -2.48. The molecule has 1 N–H and O–H groups in total. The summed E-state index contributed by atoms with van der Waals surface area (Å²) in [6.07, 6.45) is -10.4. The van der Waals surface area contributed by atoms with Gasteiger partial charge in [-0.2, -0.15) is 31.4 Å². The highest BCUT2D eigenvalue weighted by atomic mass is 19.4. The highest BCUT2D eigenvalue weighted by Gasteiger charge is 2.61. The first-order valence-electron chi connectivity index (χ1n) is 4.76. The first-order chi connectivity index (χ1) is 8.53. The van der Waals surface area contributed by atoms with E-state index < -0.39 is 30.7 Å². The molecule has 0 unspecified atom stereocenters. The second-order valence-corrected chi connectivity index (χ2v) is 3.64. The summed E-state index contributed by atoms with van der Waals surface area (Å²) in [6, 6.07) is 0. The van der Waals surface area contributed by atoms with Gasteiger partial charge in [0, 0.05) is 7.05 Å². The third-order valence-corrected chi connectivity index (χ3v) is 2.13. The fraction of sp³-hybridized carbons (Fsp3) is 0.625. The summed E-state index contributed by atoms with van der Waals surface area (Å²) in [5.74, 6) is -6.18. The zero-order valence-electron chi connectivity index (χ0n) is 9.38. The van der Waals surface area contributed by atoms with Crippen molar-refractivity contribution in [2.75, 3.05) is 7.05 Å². The van der Waals surface area contributed by atoms with E-state index in [0.29, 0.717) is 0 Å². The molecule has 0 radical (unpaired) electrons. The Kier molecular flexibility index (Phi) is 4.06. The Hall–Kier alpha value is -1.81. The lowest BCUT2D eigenvalue weighted by Gasteiger charge is -2.26. The van der Waals surface area contributed by atoms with Gasteiger partial charge < -0.3 is 4.90 Å². The van der Waals surface area contributed by atoms with Crippen LogP contribution in [0.4, 0.5) is 26.3 Å². The summed E-state index contributed by atoms with van der Waals surface area (Å²) < 4.78 is 73.8. The number of carbonyl (C=O) groups is 1. The lowest BCUT2D eigenvalue weighted by molar-refractivity contribution is -0.277. The Bertz CT molecular complexity index is 411. The summed E-state index contributed by atoms with van der Waals surface area (Å²) >= 11 is 0. The van der Waals surface area contributed by atoms with Gasteiger partial charge in [0.05, 0.1) is 6.54 Å². The van der Waals surface area contributed by atoms with Crippen molar-refractivity contribution in [2.24, 2.45) is 5.92 Å². The zero-order chi connectivity index (χ0) is 14.8. The second-order valence-electron chi connectivity index (χ2n) is 3.64. The van der Waals surface area contributed by atoms with Crippen LogP contribution in [-0.4, -0.2) is 45.4 Å². The molecule has 0 fully saturated rings. The Labute approximate surface area is 102 Å². The fourth-order valence-electron chi connectivity index (χ4n) is 1.30. The molecule has 11 heteroatoms. The van der Waals surface area contributed by atoms with Crippen LogP contribution < -0.4 is 0 Å². The van der Waals surface area contributed by atoms with Gasteiger partial charge in [0.2, 0.25) is 11.8 Å². The first kappa shape index (κ1) is 15.2. The topological polar surface area (TPSA) is 61.9 Å². The molecule has 0 saturated heterocycles. The molecule has 0 aliphatic heterocycles. The van der Waals surface area contributed by atoms with Crippen molar-refractivity contribution in [1.82, 2.24) is 20.1 Å². The van der Waals surface area contributed by atoms with Crippen LogP contribution >= 0.6 is 0 Å². The number of halogens is 6. The van der Waals surface area contributed by atoms with Gasteiger partial charge in [0.15, 0.2) is 0 Å².